The van der Waals surface area contributed by atoms with E-state index in [9.17, 15) is 9.90 Å². The van der Waals surface area contributed by atoms with Gasteiger partial charge in [-0.1, -0.05) is 25.1 Å². The number of aliphatic carboxylic acids is 1. The second-order valence-corrected chi connectivity index (χ2v) is 5.37. The van der Waals surface area contributed by atoms with Crippen molar-refractivity contribution in [1.29, 1.82) is 0 Å². The van der Waals surface area contributed by atoms with E-state index < -0.39 is 18.6 Å². The highest BCUT2D eigenvalue weighted by Gasteiger charge is 2.44. The van der Waals surface area contributed by atoms with Gasteiger partial charge in [0.05, 0.1) is 5.49 Å². The van der Waals surface area contributed by atoms with Crippen molar-refractivity contribution in [1.82, 2.24) is 4.90 Å². The van der Waals surface area contributed by atoms with Crippen LogP contribution in [-0.4, -0.2) is 57.3 Å². The zero-order valence-electron chi connectivity index (χ0n) is 10.9. The monoisotopic (exact) mass is 288 g/mol. The van der Waals surface area contributed by atoms with E-state index in [1.54, 1.807) is 5.49 Å². The topological polar surface area (TPSA) is 107 Å². The Labute approximate surface area is 118 Å². The normalized spacial score (nSPS) is 22.1. The summed E-state index contributed by atoms with van der Waals surface area (Å²) >= 11 is 4.85. The highest BCUT2D eigenvalue weighted by atomic mass is 32.1. The highest BCUT2D eigenvalue weighted by molar-refractivity contribution is 7.78. The van der Waals surface area contributed by atoms with E-state index >= 15 is 0 Å². The molecule has 0 spiro atoms. The van der Waals surface area contributed by atoms with Crippen LogP contribution in [0.1, 0.15) is 25.7 Å². The molecule has 8 heteroatoms. The average Bonchev–Trinajstić information content (AvgIpc) is 2.83. The van der Waals surface area contributed by atoms with Gasteiger partial charge in [-0.2, -0.15) is 0 Å². The van der Waals surface area contributed by atoms with Crippen LogP contribution in [0.4, 0.5) is 0 Å². The van der Waals surface area contributed by atoms with Crippen molar-refractivity contribution in [2.24, 2.45) is 11.7 Å². The molecule has 0 amide bonds. The van der Waals surface area contributed by atoms with Gasteiger partial charge in [0.15, 0.2) is 0 Å². The molecule has 0 radical (unpaired) electrons. The predicted molar refractivity (Wildman–Crippen MR) is 76.7 cm³/mol. The van der Waals surface area contributed by atoms with Crippen LogP contribution in [0, 0.1) is 5.92 Å². The third kappa shape index (κ3) is 4.41. The fraction of sp³-hybridized carbons (Fsp3) is 0.818. The average molecular weight is 288 g/mol. The number of carboxylic acid groups (broad SMARTS) is 1. The molecule has 1 aliphatic rings. The van der Waals surface area contributed by atoms with E-state index in [0.717, 1.165) is 13.0 Å². The van der Waals surface area contributed by atoms with Crippen molar-refractivity contribution >= 4 is 30.8 Å². The van der Waals surface area contributed by atoms with Crippen molar-refractivity contribution in [2.75, 3.05) is 13.1 Å². The van der Waals surface area contributed by atoms with Crippen molar-refractivity contribution in [3.05, 3.63) is 0 Å². The first-order chi connectivity index (χ1) is 8.90. The molecule has 1 fully saturated rings. The molecule has 1 saturated heterocycles. The first kappa shape index (κ1) is 16.4. The Morgan fingerprint density at radius 3 is 2.68 bits per heavy atom. The van der Waals surface area contributed by atoms with Crippen molar-refractivity contribution < 1.29 is 19.9 Å². The minimum atomic E-state index is -1.34. The molecule has 0 aliphatic carbocycles. The molecule has 2 unspecified atom stereocenters. The summed E-state index contributed by atoms with van der Waals surface area (Å²) in [6, 6.07) is 0. The lowest BCUT2D eigenvalue weighted by atomic mass is 9.77. The third-order valence-electron chi connectivity index (χ3n) is 3.80. The summed E-state index contributed by atoms with van der Waals surface area (Å²) < 4.78 is 0. The molecular weight excluding hydrogens is 267 g/mol. The Balaban J connectivity index is 2.54. The molecule has 0 saturated carbocycles. The number of nitrogens with two attached hydrogens (primary N) is 1. The molecule has 0 bridgehead atoms. The molecule has 2 atom stereocenters. The summed E-state index contributed by atoms with van der Waals surface area (Å²) in [6.45, 7) is 1.32. The van der Waals surface area contributed by atoms with Gasteiger partial charge in [0.2, 0.25) is 0 Å². The Morgan fingerprint density at radius 1 is 1.53 bits per heavy atom. The summed E-state index contributed by atoms with van der Waals surface area (Å²) in [4.78, 5) is 13.4. The zero-order chi connectivity index (χ0) is 14.5. The Morgan fingerprint density at radius 2 is 2.21 bits per heavy atom. The minimum Gasteiger partial charge on any atom is -0.480 e. The summed E-state index contributed by atoms with van der Waals surface area (Å²) in [6.07, 6.45) is 2.41. The third-order valence-corrected chi connectivity index (χ3v) is 4.10. The highest BCUT2D eigenvalue weighted by Crippen LogP contribution is 2.30. The molecule has 6 nitrogen and oxygen atoms in total. The van der Waals surface area contributed by atoms with Crippen molar-refractivity contribution in [2.45, 2.75) is 37.5 Å². The fourth-order valence-corrected chi connectivity index (χ4v) is 2.73. The summed E-state index contributed by atoms with van der Waals surface area (Å²) in [7, 11) is -1.34. The number of nitrogens with zero attached hydrogens (tertiary/aromatic N) is 1. The van der Waals surface area contributed by atoms with Gasteiger partial charge < -0.3 is 25.8 Å². The van der Waals surface area contributed by atoms with E-state index in [2.05, 4.69) is 0 Å². The molecule has 1 rings (SSSR count). The predicted octanol–water partition coefficient (Wildman–Crippen LogP) is -0.309. The maximum atomic E-state index is 11.5. The molecule has 0 aromatic carbocycles. The first-order valence-corrected chi connectivity index (χ1v) is 6.95. The largest absolute Gasteiger partial charge is 0.480 e. The van der Waals surface area contributed by atoms with E-state index in [-0.39, 0.29) is 12.2 Å². The minimum absolute atomic E-state index is 0.122. The fourth-order valence-electron chi connectivity index (χ4n) is 2.53. The van der Waals surface area contributed by atoms with Gasteiger partial charge in [-0.05, 0) is 19.2 Å². The van der Waals surface area contributed by atoms with Crippen LogP contribution in [0.15, 0.2) is 0 Å². The zero-order valence-corrected chi connectivity index (χ0v) is 11.7. The number of carboxylic acids is 1. The van der Waals surface area contributed by atoms with Crippen LogP contribution in [0.2, 0.25) is 6.32 Å². The van der Waals surface area contributed by atoms with Gasteiger partial charge in [0.1, 0.15) is 5.54 Å². The van der Waals surface area contributed by atoms with Crippen molar-refractivity contribution in [3.8, 4) is 0 Å². The Kier molecular flexibility index (Phi) is 6.19. The van der Waals surface area contributed by atoms with Crippen molar-refractivity contribution in [3.63, 3.8) is 0 Å². The molecule has 0 aromatic heterocycles. The van der Waals surface area contributed by atoms with E-state index in [4.69, 9.17) is 28.0 Å². The Hall–Kier alpha value is -0.695. The smallest absolute Gasteiger partial charge is 0.451 e. The van der Waals surface area contributed by atoms with Crippen LogP contribution in [0.3, 0.4) is 0 Å². The summed E-state index contributed by atoms with van der Waals surface area (Å²) in [5.41, 5.74) is 6.37. The lowest BCUT2D eigenvalue weighted by Gasteiger charge is -2.31. The standard InChI is InChI=1S/C11H21BN2O4S/c13-11(10(15)16,4-1-2-5-12(17)18)9-3-6-14(7-9)8-19/h8-9,17-18H,1-7,13H2,(H,15,16). The van der Waals surface area contributed by atoms with E-state index in [0.29, 0.717) is 25.8 Å². The molecule has 19 heavy (non-hydrogen) atoms. The Bertz CT molecular complexity index is 332. The summed E-state index contributed by atoms with van der Waals surface area (Å²) in [5, 5.41) is 26.9. The van der Waals surface area contributed by atoms with Gasteiger partial charge in [-0.25, -0.2) is 0 Å². The van der Waals surface area contributed by atoms with Crippen LogP contribution in [0.5, 0.6) is 0 Å². The van der Waals surface area contributed by atoms with Gasteiger partial charge >= 0.3 is 13.1 Å². The maximum Gasteiger partial charge on any atom is 0.451 e. The van der Waals surface area contributed by atoms with Crippen LogP contribution in [0.25, 0.3) is 0 Å². The van der Waals surface area contributed by atoms with Crippen LogP contribution >= 0.6 is 12.2 Å². The number of hydrogen-bond donors (Lipinski definition) is 4. The molecule has 1 aliphatic heterocycles. The molecular formula is C11H21BN2O4S. The van der Waals surface area contributed by atoms with E-state index in [1.165, 1.54) is 0 Å². The number of carbonyl (C=O) groups is 1. The van der Waals surface area contributed by atoms with Gasteiger partial charge in [0, 0.05) is 19.0 Å². The molecule has 5 N–H and O–H groups in total. The molecule has 0 aromatic rings. The van der Waals surface area contributed by atoms with Crippen LogP contribution < -0.4 is 5.73 Å². The quantitative estimate of drug-likeness (QED) is 0.276. The maximum absolute atomic E-state index is 11.5. The van der Waals surface area contributed by atoms with Crippen LogP contribution in [-0.2, 0) is 4.79 Å². The molecule has 108 valence electrons. The van der Waals surface area contributed by atoms with E-state index in [1.807, 2.05) is 4.90 Å². The number of likely N-dealkylation sites (tertiary alicyclic amines) is 1. The molecule has 1 heterocycles. The lowest BCUT2D eigenvalue weighted by molar-refractivity contribution is -0.145. The van der Waals surface area contributed by atoms with Gasteiger partial charge in [-0.3, -0.25) is 4.79 Å². The SMILES string of the molecule is NC(CCCCB(O)O)(C(=O)O)C1CCN(C=S)C1. The number of hydrogen-bond acceptors (Lipinski definition) is 5. The second kappa shape index (κ2) is 7.18. The number of unbranched alkanes of at least 4 members (excludes halogenated alkanes) is 1. The van der Waals surface area contributed by atoms with Gasteiger partial charge in [-0.15, -0.1) is 0 Å². The number of thiocarbonyl (C=S) groups is 1. The number of rotatable bonds is 8. The lowest BCUT2D eigenvalue weighted by Crippen LogP contribution is -2.54. The second-order valence-electron chi connectivity index (χ2n) is 5.16. The first-order valence-electron chi connectivity index (χ1n) is 6.48. The summed E-state index contributed by atoms with van der Waals surface area (Å²) in [5.74, 6) is -1.11. The van der Waals surface area contributed by atoms with Gasteiger partial charge in [0.25, 0.3) is 0 Å².